The van der Waals surface area contributed by atoms with Gasteiger partial charge in [-0.05, 0) is 43.5 Å². The van der Waals surface area contributed by atoms with Crippen LogP contribution < -0.4 is 10.1 Å². The van der Waals surface area contributed by atoms with Gasteiger partial charge in [-0.3, -0.25) is 4.79 Å². The van der Waals surface area contributed by atoms with E-state index in [9.17, 15) is 4.79 Å². The summed E-state index contributed by atoms with van der Waals surface area (Å²) in [5.41, 5.74) is 3.12. The Morgan fingerprint density at radius 1 is 1.17 bits per heavy atom. The molecule has 0 aliphatic rings. The number of aliphatic hydroxyl groups excluding tert-OH is 1. The van der Waals surface area contributed by atoms with Crippen LogP contribution in [0.2, 0.25) is 0 Å². The summed E-state index contributed by atoms with van der Waals surface area (Å²) in [4.78, 5) is 11.8. The molecule has 2 aromatic carbocycles. The van der Waals surface area contributed by atoms with Crippen LogP contribution in [0, 0.1) is 6.92 Å². The molecule has 0 aliphatic carbocycles. The third-order valence-electron chi connectivity index (χ3n) is 3.45. The molecule has 0 unspecified atom stereocenters. The van der Waals surface area contributed by atoms with Crippen LogP contribution in [0.25, 0.3) is 0 Å². The Kier molecular flexibility index (Phi) is 6.63. The zero-order valence-corrected chi connectivity index (χ0v) is 13.4. The number of nitrogens with one attached hydrogen (secondary N) is 1. The molecule has 0 saturated heterocycles. The molecule has 4 heteroatoms. The highest BCUT2D eigenvalue weighted by Crippen LogP contribution is 2.14. The second kappa shape index (κ2) is 8.96. The minimum Gasteiger partial charge on any atom is -0.494 e. The average Bonchev–Trinajstić information content (AvgIpc) is 2.57. The summed E-state index contributed by atoms with van der Waals surface area (Å²) < 4.78 is 5.72. The van der Waals surface area contributed by atoms with Gasteiger partial charge in [0, 0.05) is 12.1 Å². The molecule has 0 heterocycles. The van der Waals surface area contributed by atoms with E-state index in [-0.39, 0.29) is 19.1 Å². The van der Waals surface area contributed by atoms with E-state index in [1.807, 2.05) is 6.07 Å². The lowest BCUT2D eigenvalue weighted by molar-refractivity contribution is 0.0944. The van der Waals surface area contributed by atoms with Gasteiger partial charge in [0.25, 0.3) is 5.91 Å². The minimum atomic E-state index is -0.204. The van der Waals surface area contributed by atoms with Gasteiger partial charge >= 0.3 is 0 Å². The topological polar surface area (TPSA) is 58.6 Å². The maximum Gasteiger partial charge on any atom is 0.251 e. The highest BCUT2D eigenvalue weighted by atomic mass is 16.5. The van der Waals surface area contributed by atoms with Gasteiger partial charge in [-0.15, -0.1) is 0 Å². The highest BCUT2D eigenvalue weighted by Gasteiger charge is 2.05. The molecule has 4 nitrogen and oxygen atoms in total. The second-order valence-electron chi connectivity index (χ2n) is 5.45. The van der Waals surface area contributed by atoms with E-state index < -0.39 is 0 Å². The average molecular weight is 313 g/mol. The van der Waals surface area contributed by atoms with E-state index in [1.54, 1.807) is 18.2 Å². The van der Waals surface area contributed by atoms with Gasteiger partial charge in [-0.1, -0.05) is 35.9 Å². The molecule has 0 bridgehead atoms. The summed E-state index contributed by atoms with van der Waals surface area (Å²) in [6, 6.07) is 15.6. The highest BCUT2D eigenvalue weighted by molar-refractivity contribution is 5.94. The van der Waals surface area contributed by atoms with Crippen LogP contribution in [-0.4, -0.2) is 30.8 Å². The molecule has 0 radical (unpaired) electrons. The van der Waals surface area contributed by atoms with Gasteiger partial charge in [0.2, 0.25) is 0 Å². The Morgan fingerprint density at radius 3 is 2.78 bits per heavy atom. The number of ether oxygens (including phenoxy) is 1. The number of carbonyl (C=O) groups excluding carboxylic acids is 1. The van der Waals surface area contributed by atoms with Gasteiger partial charge in [0.05, 0.1) is 13.2 Å². The molecule has 0 atom stereocenters. The van der Waals surface area contributed by atoms with Crippen molar-refractivity contribution in [3.8, 4) is 5.75 Å². The SMILES string of the molecule is Cc1cccc(CCCOc2cccc(C(=O)NCCO)c2)c1. The van der Waals surface area contributed by atoms with Crippen LogP contribution in [0.3, 0.4) is 0 Å². The lowest BCUT2D eigenvalue weighted by atomic mass is 10.1. The number of rotatable bonds is 8. The summed E-state index contributed by atoms with van der Waals surface area (Å²) >= 11 is 0. The van der Waals surface area contributed by atoms with Gasteiger partial charge < -0.3 is 15.2 Å². The summed E-state index contributed by atoms with van der Waals surface area (Å²) in [6.07, 6.45) is 1.89. The molecule has 1 amide bonds. The number of aryl methyl sites for hydroxylation is 2. The predicted octanol–water partition coefficient (Wildman–Crippen LogP) is 2.73. The van der Waals surface area contributed by atoms with Crippen molar-refractivity contribution >= 4 is 5.91 Å². The fourth-order valence-electron chi connectivity index (χ4n) is 2.33. The molecule has 2 aromatic rings. The smallest absolute Gasteiger partial charge is 0.251 e. The first-order valence-electron chi connectivity index (χ1n) is 7.86. The fraction of sp³-hybridized carbons (Fsp3) is 0.316. The number of hydrogen-bond acceptors (Lipinski definition) is 3. The minimum absolute atomic E-state index is 0.0686. The molecule has 0 saturated carbocycles. The fourth-order valence-corrected chi connectivity index (χ4v) is 2.33. The molecule has 0 fully saturated rings. The molecule has 23 heavy (non-hydrogen) atoms. The van der Waals surface area contributed by atoms with Gasteiger partial charge in [-0.25, -0.2) is 0 Å². The van der Waals surface area contributed by atoms with E-state index in [0.29, 0.717) is 17.9 Å². The monoisotopic (exact) mass is 313 g/mol. The van der Waals surface area contributed by atoms with Crippen molar-refractivity contribution in [2.45, 2.75) is 19.8 Å². The Bertz CT molecular complexity index is 640. The summed E-state index contributed by atoms with van der Waals surface area (Å²) in [7, 11) is 0. The van der Waals surface area contributed by atoms with E-state index in [0.717, 1.165) is 12.8 Å². The maximum atomic E-state index is 11.8. The number of carbonyl (C=O) groups is 1. The zero-order chi connectivity index (χ0) is 16.5. The molecule has 0 spiro atoms. The van der Waals surface area contributed by atoms with Crippen LogP contribution >= 0.6 is 0 Å². The lowest BCUT2D eigenvalue weighted by Gasteiger charge is -2.09. The van der Waals surface area contributed by atoms with Crippen molar-refractivity contribution in [1.29, 1.82) is 0 Å². The predicted molar refractivity (Wildman–Crippen MR) is 90.9 cm³/mol. The molecule has 0 aromatic heterocycles. The Labute approximate surface area is 137 Å². The molecule has 2 rings (SSSR count). The second-order valence-corrected chi connectivity index (χ2v) is 5.45. The molecular weight excluding hydrogens is 290 g/mol. The van der Waals surface area contributed by atoms with Crippen molar-refractivity contribution < 1.29 is 14.6 Å². The van der Waals surface area contributed by atoms with Crippen LogP contribution in [0.15, 0.2) is 48.5 Å². The van der Waals surface area contributed by atoms with Crippen molar-refractivity contribution in [2.24, 2.45) is 0 Å². The Balaban J connectivity index is 1.80. The van der Waals surface area contributed by atoms with E-state index in [2.05, 4.69) is 36.5 Å². The number of amides is 1. The Morgan fingerprint density at radius 2 is 2.00 bits per heavy atom. The first kappa shape index (κ1) is 17.0. The number of benzene rings is 2. The first-order chi connectivity index (χ1) is 11.2. The standard InChI is InChI=1S/C19H23NO3/c1-15-5-2-6-16(13-15)7-4-12-23-18-9-3-8-17(14-18)19(22)20-10-11-21/h2-3,5-6,8-9,13-14,21H,4,7,10-12H2,1H3,(H,20,22). The van der Waals surface area contributed by atoms with Crippen LogP contribution in [0.4, 0.5) is 0 Å². The van der Waals surface area contributed by atoms with Crippen molar-refractivity contribution in [3.05, 3.63) is 65.2 Å². The molecule has 0 aliphatic heterocycles. The summed E-state index contributed by atoms with van der Waals surface area (Å²) in [5.74, 6) is 0.482. The van der Waals surface area contributed by atoms with Crippen LogP contribution in [-0.2, 0) is 6.42 Å². The first-order valence-corrected chi connectivity index (χ1v) is 7.86. The molecule has 122 valence electrons. The number of aliphatic hydroxyl groups is 1. The normalized spacial score (nSPS) is 10.3. The number of hydrogen-bond donors (Lipinski definition) is 2. The van der Waals surface area contributed by atoms with Crippen molar-refractivity contribution in [3.63, 3.8) is 0 Å². The van der Waals surface area contributed by atoms with Crippen molar-refractivity contribution in [2.75, 3.05) is 19.8 Å². The summed E-state index contributed by atoms with van der Waals surface area (Å²) in [5, 5.41) is 11.4. The van der Waals surface area contributed by atoms with Crippen LogP contribution in [0.1, 0.15) is 27.9 Å². The van der Waals surface area contributed by atoms with E-state index in [4.69, 9.17) is 9.84 Å². The molecular formula is C19H23NO3. The third-order valence-corrected chi connectivity index (χ3v) is 3.45. The van der Waals surface area contributed by atoms with Crippen molar-refractivity contribution in [1.82, 2.24) is 5.32 Å². The Hall–Kier alpha value is -2.33. The van der Waals surface area contributed by atoms with Gasteiger partial charge in [0.1, 0.15) is 5.75 Å². The quantitative estimate of drug-likeness (QED) is 0.737. The zero-order valence-electron chi connectivity index (χ0n) is 13.4. The van der Waals surface area contributed by atoms with Gasteiger partial charge in [-0.2, -0.15) is 0 Å². The van der Waals surface area contributed by atoms with E-state index in [1.165, 1.54) is 11.1 Å². The summed E-state index contributed by atoms with van der Waals surface area (Å²) in [6.45, 7) is 2.88. The molecule has 2 N–H and O–H groups in total. The van der Waals surface area contributed by atoms with E-state index >= 15 is 0 Å². The third kappa shape index (κ3) is 5.75. The largest absolute Gasteiger partial charge is 0.494 e. The lowest BCUT2D eigenvalue weighted by Crippen LogP contribution is -2.26. The maximum absolute atomic E-state index is 11.8. The van der Waals surface area contributed by atoms with Crippen LogP contribution in [0.5, 0.6) is 5.75 Å². The van der Waals surface area contributed by atoms with Gasteiger partial charge in [0.15, 0.2) is 0 Å².